The van der Waals surface area contributed by atoms with E-state index in [1.54, 1.807) is 48.5 Å². The van der Waals surface area contributed by atoms with Crippen LogP contribution in [-0.4, -0.2) is 37.3 Å². The van der Waals surface area contributed by atoms with Crippen molar-refractivity contribution < 1.29 is 13.2 Å². The van der Waals surface area contributed by atoms with Crippen LogP contribution in [0, 0.1) is 0 Å². The second-order valence-corrected chi connectivity index (χ2v) is 7.00. The number of hydrogen-bond donors (Lipinski definition) is 1. The van der Waals surface area contributed by atoms with Crippen molar-refractivity contribution in [2.24, 2.45) is 0 Å². The van der Waals surface area contributed by atoms with Gasteiger partial charge in [-0.2, -0.15) is 17.6 Å². The standard InChI is InChI=1S/C17H19N3O3S/c1-2-18-10-11-23-15-8-9-17-14(12-15)13-19-20(17)24(21,22)16-6-4-3-5-7-16/h3-9,12-13,18H,2,10-11H2,1H3. The summed E-state index contributed by atoms with van der Waals surface area (Å²) in [7, 11) is -3.70. The van der Waals surface area contributed by atoms with Gasteiger partial charge in [0.15, 0.2) is 0 Å². The van der Waals surface area contributed by atoms with E-state index in [-0.39, 0.29) is 4.90 Å². The third-order valence-electron chi connectivity index (χ3n) is 3.57. The fourth-order valence-electron chi connectivity index (χ4n) is 2.38. The molecular formula is C17H19N3O3S. The van der Waals surface area contributed by atoms with Crippen LogP contribution in [0.5, 0.6) is 5.75 Å². The maximum absolute atomic E-state index is 12.7. The molecule has 1 N–H and O–H groups in total. The van der Waals surface area contributed by atoms with Crippen LogP contribution in [0.4, 0.5) is 0 Å². The fraction of sp³-hybridized carbons (Fsp3) is 0.235. The van der Waals surface area contributed by atoms with Crippen LogP contribution in [0.1, 0.15) is 6.92 Å². The lowest BCUT2D eigenvalue weighted by Crippen LogP contribution is -2.20. The number of ether oxygens (including phenoxy) is 1. The summed E-state index contributed by atoms with van der Waals surface area (Å²) >= 11 is 0. The van der Waals surface area contributed by atoms with E-state index in [0.717, 1.165) is 22.6 Å². The molecular weight excluding hydrogens is 326 g/mol. The molecule has 6 nitrogen and oxygen atoms in total. The Hall–Kier alpha value is -2.38. The molecule has 0 aliphatic rings. The smallest absolute Gasteiger partial charge is 0.283 e. The summed E-state index contributed by atoms with van der Waals surface area (Å²) in [4.78, 5) is 0.209. The lowest BCUT2D eigenvalue weighted by atomic mass is 10.2. The van der Waals surface area contributed by atoms with Gasteiger partial charge in [0.2, 0.25) is 0 Å². The van der Waals surface area contributed by atoms with Gasteiger partial charge in [0, 0.05) is 11.9 Å². The number of hydrogen-bond acceptors (Lipinski definition) is 5. The number of rotatable bonds is 7. The molecule has 0 amide bonds. The monoisotopic (exact) mass is 345 g/mol. The highest BCUT2D eigenvalue weighted by Gasteiger charge is 2.20. The Morgan fingerprint density at radius 1 is 1.17 bits per heavy atom. The van der Waals surface area contributed by atoms with Crippen molar-refractivity contribution >= 4 is 20.9 Å². The Kier molecular flexibility index (Phi) is 4.82. The molecule has 0 spiro atoms. The summed E-state index contributed by atoms with van der Waals surface area (Å²) in [6, 6.07) is 13.5. The van der Waals surface area contributed by atoms with Gasteiger partial charge >= 0.3 is 0 Å². The molecule has 0 radical (unpaired) electrons. The molecule has 7 heteroatoms. The normalized spacial score (nSPS) is 11.7. The minimum Gasteiger partial charge on any atom is -0.492 e. The van der Waals surface area contributed by atoms with Crippen molar-refractivity contribution in [3.05, 3.63) is 54.7 Å². The molecule has 0 unspecified atom stereocenters. The summed E-state index contributed by atoms with van der Waals surface area (Å²) < 4.78 is 32.1. The average molecular weight is 345 g/mol. The Morgan fingerprint density at radius 2 is 1.96 bits per heavy atom. The highest BCUT2D eigenvalue weighted by atomic mass is 32.2. The average Bonchev–Trinajstić information content (AvgIpc) is 3.03. The number of nitrogens with zero attached hydrogens (tertiary/aromatic N) is 2. The van der Waals surface area contributed by atoms with Crippen molar-refractivity contribution in [2.45, 2.75) is 11.8 Å². The van der Waals surface area contributed by atoms with E-state index in [9.17, 15) is 8.42 Å². The molecule has 0 saturated carbocycles. The van der Waals surface area contributed by atoms with Gasteiger partial charge in [-0.25, -0.2) is 0 Å². The van der Waals surface area contributed by atoms with Gasteiger partial charge in [-0.15, -0.1) is 0 Å². The van der Waals surface area contributed by atoms with Crippen molar-refractivity contribution in [3.8, 4) is 5.75 Å². The summed E-state index contributed by atoms with van der Waals surface area (Å²) in [6.07, 6.45) is 1.53. The first kappa shape index (κ1) is 16.5. The molecule has 126 valence electrons. The number of nitrogens with one attached hydrogen (secondary N) is 1. The van der Waals surface area contributed by atoms with Crippen molar-refractivity contribution in [3.63, 3.8) is 0 Å². The first-order chi connectivity index (χ1) is 11.6. The van der Waals surface area contributed by atoms with E-state index in [0.29, 0.717) is 17.9 Å². The highest BCUT2D eigenvalue weighted by molar-refractivity contribution is 7.90. The molecule has 2 aromatic carbocycles. The number of benzene rings is 2. The molecule has 3 rings (SSSR count). The van der Waals surface area contributed by atoms with Crippen LogP contribution < -0.4 is 10.1 Å². The third kappa shape index (κ3) is 3.27. The van der Waals surface area contributed by atoms with E-state index in [4.69, 9.17) is 4.74 Å². The molecule has 24 heavy (non-hydrogen) atoms. The Balaban J connectivity index is 1.89. The summed E-state index contributed by atoms with van der Waals surface area (Å²) in [5, 5.41) is 7.95. The highest BCUT2D eigenvalue weighted by Crippen LogP contribution is 2.24. The first-order valence-electron chi connectivity index (χ1n) is 7.75. The van der Waals surface area contributed by atoms with Gasteiger partial charge in [0.05, 0.1) is 16.6 Å². The van der Waals surface area contributed by atoms with Crippen LogP contribution in [0.15, 0.2) is 59.6 Å². The Labute approximate surface area is 141 Å². The maximum atomic E-state index is 12.7. The van der Waals surface area contributed by atoms with Crippen molar-refractivity contribution in [1.82, 2.24) is 14.5 Å². The molecule has 0 bridgehead atoms. The van der Waals surface area contributed by atoms with Crippen LogP contribution >= 0.6 is 0 Å². The van der Waals surface area contributed by atoms with Gasteiger partial charge in [0.1, 0.15) is 12.4 Å². The van der Waals surface area contributed by atoms with E-state index >= 15 is 0 Å². The van der Waals surface area contributed by atoms with E-state index in [1.165, 1.54) is 6.20 Å². The van der Waals surface area contributed by atoms with Crippen LogP contribution in [0.2, 0.25) is 0 Å². The predicted molar refractivity (Wildman–Crippen MR) is 92.8 cm³/mol. The van der Waals surface area contributed by atoms with Crippen molar-refractivity contribution in [2.75, 3.05) is 19.7 Å². The summed E-state index contributed by atoms with van der Waals surface area (Å²) in [5.74, 6) is 0.692. The third-order valence-corrected chi connectivity index (χ3v) is 5.19. The minimum absolute atomic E-state index is 0.209. The number of aromatic nitrogens is 2. The van der Waals surface area contributed by atoms with Gasteiger partial charge in [-0.1, -0.05) is 25.1 Å². The second kappa shape index (κ2) is 7.02. The molecule has 3 aromatic rings. The largest absolute Gasteiger partial charge is 0.492 e. The Bertz CT molecular complexity index is 921. The van der Waals surface area contributed by atoms with Crippen LogP contribution in [-0.2, 0) is 10.0 Å². The first-order valence-corrected chi connectivity index (χ1v) is 9.19. The van der Waals surface area contributed by atoms with Gasteiger partial charge in [0.25, 0.3) is 10.0 Å². The second-order valence-electron chi connectivity index (χ2n) is 5.23. The van der Waals surface area contributed by atoms with Crippen molar-refractivity contribution in [1.29, 1.82) is 0 Å². The molecule has 0 atom stereocenters. The number of likely N-dealkylation sites (N-methyl/N-ethyl adjacent to an activating group) is 1. The molecule has 0 fully saturated rings. The van der Waals surface area contributed by atoms with Gasteiger partial charge in [-0.05, 0) is 36.9 Å². The molecule has 0 saturated heterocycles. The van der Waals surface area contributed by atoms with E-state index in [2.05, 4.69) is 10.4 Å². The minimum atomic E-state index is -3.70. The lowest BCUT2D eigenvalue weighted by molar-refractivity contribution is 0.316. The van der Waals surface area contributed by atoms with E-state index < -0.39 is 10.0 Å². The SMILES string of the molecule is CCNCCOc1ccc2c(cnn2S(=O)(=O)c2ccccc2)c1. The number of fused-ring (bicyclic) bond motifs is 1. The fourth-order valence-corrected chi connectivity index (χ4v) is 3.68. The topological polar surface area (TPSA) is 73.2 Å². The zero-order chi connectivity index (χ0) is 17.0. The summed E-state index contributed by atoms with van der Waals surface area (Å²) in [5.41, 5.74) is 0.526. The van der Waals surface area contributed by atoms with Gasteiger partial charge in [-0.3, -0.25) is 0 Å². The molecule has 1 aromatic heterocycles. The Morgan fingerprint density at radius 3 is 2.71 bits per heavy atom. The predicted octanol–water partition coefficient (Wildman–Crippen LogP) is 2.26. The zero-order valence-electron chi connectivity index (χ0n) is 13.3. The maximum Gasteiger partial charge on any atom is 0.283 e. The van der Waals surface area contributed by atoms with Crippen LogP contribution in [0.25, 0.3) is 10.9 Å². The summed E-state index contributed by atoms with van der Waals surface area (Å²) in [6.45, 7) is 4.24. The molecule has 0 aliphatic carbocycles. The quantitative estimate of drug-likeness (QED) is 0.665. The lowest BCUT2D eigenvalue weighted by Gasteiger charge is -2.08. The van der Waals surface area contributed by atoms with Gasteiger partial charge < -0.3 is 10.1 Å². The van der Waals surface area contributed by atoms with E-state index in [1.807, 2.05) is 6.92 Å². The molecule has 1 heterocycles. The van der Waals surface area contributed by atoms with Crippen LogP contribution in [0.3, 0.4) is 0 Å². The zero-order valence-corrected chi connectivity index (χ0v) is 14.2. The molecule has 0 aliphatic heterocycles.